The summed E-state index contributed by atoms with van der Waals surface area (Å²) in [5.74, 6) is -5.35. The van der Waals surface area contributed by atoms with Gasteiger partial charge in [0, 0.05) is 37.4 Å². The highest BCUT2D eigenvalue weighted by Crippen LogP contribution is 2.40. The Bertz CT molecular complexity index is 1420. The van der Waals surface area contributed by atoms with Crippen molar-refractivity contribution in [2.75, 3.05) is 23.3 Å². The van der Waals surface area contributed by atoms with Gasteiger partial charge in [0.1, 0.15) is 5.54 Å². The van der Waals surface area contributed by atoms with E-state index in [1.165, 1.54) is 5.56 Å². The average Bonchev–Trinajstić information content (AvgIpc) is 3.37. The number of aliphatic carboxylic acids is 2. The van der Waals surface area contributed by atoms with E-state index >= 15 is 0 Å². The number of pyridine rings is 1. The third-order valence-corrected chi connectivity index (χ3v) is 7.38. The van der Waals surface area contributed by atoms with Gasteiger partial charge in [-0.05, 0) is 49.6 Å². The number of nitrogens with zero attached hydrogens (tertiary/aromatic N) is 4. The SMILES string of the molecule is Cc1nc(CN2C(=O)C3(CCN(Cc4ccncc4)CC3)Nc3ccccc32)cs1.O=C(O)C(F)(F)F.O=C(O)C(F)(F)F. The summed E-state index contributed by atoms with van der Waals surface area (Å²) >= 11 is 1.63. The molecule has 2 aliphatic heterocycles. The number of carbonyl (C=O) groups excluding carboxylic acids is 1. The molecule has 5 rings (SSSR count). The molecule has 1 aromatic carbocycles. The minimum atomic E-state index is -5.08. The maximum absolute atomic E-state index is 13.8. The van der Waals surface area contributed by atoms with Gasteiger partial charge in [-0.2, -0.15) is 26.3 Å². The number of fused-ring (bicyclic) bond motifs is 1. The molecule has 2 aromatic heterocycles. The minimum absolute atomic E-state index is 0.162. The maximum atomic E-state index is 13.8. The molecule has 10 nitrogen and oxygen atoms in total. The number of carboxylic acids is 2. The van der Waals surface area contributed by atoms with E-state index in [0.717, 1.165) is 54.6 Å². The Morgan fingerprint density at radius 2 is 1.50 bits per heavy atom. The van der Waals surface area contributed by atoms with Gasteiger partial charge in [0.2, 0.25) is 0 Å². The van der Waals surface area contributed by atoms with Crippen LogP contribution in [0.4, 0.5) is 37.7 Å². The topological polar surface area (TPSA) is 136 Å². The summed E-state index contributed by atoms with van der Waals surface area (Å²) in [6, 6.07) is 12.2. The van der Waals surface area contributed by atoms with Crippen molar-refractivity contribution in [3.05, 3.63) is 70.4 Å². The molecular formula is C27H27F6N5O5S. The fourth-order valence-electron chi connectivity index (χ4n) is 4.47. The molecule has 1 saturated heterocycles. The van der Waals surface area contributed by atoms with E-state index in [2.05, 4.69) is 43.8 Å². The highest BCUT2D eigenvalue weighted by molar-refractivity contribution is 7.09. The van der Waals surface area contributed by atoms with Gasteiger partial charge < -0.3 is 20.4 Å². The Kier molecular flexibility index (Phi) is 10.9. The van der Waals surface area contributed by atoms with Crippen LogP contribution in [0.1, 0.15) is 29.1 Å². The molecule has 0 unspecified atom stereocenters. The van der Waals surface area contributed by atoms with Crippen molar-refractivity contribution in [3.63, 3.8) is 0 Å². The first-order valence-electron chi connectivity index (χ1n) is 12.8. The molecule has 44 heavy (non-hydrogen) atoms. The third kappa shape index (κ3) is 9.12. The first-order valence-corrected chi connectivity index (χ1v) is 13.7. The van der Waals surface area contributed by atoms with E-state index in [1.54, 1.807) is 11.3 Å². The lowest BCUT2D eigenvalue weighted by molar-refractivity contribution is -0.193. The standard InChI is InChI=1S/C23H25N5OS.2C2HF3O2/c1-17-25-19(16-30-17)15-28-21-5-3-2-4-20(21)26-23(22(28)29)8-12-27(13-9-23)14-18-6-10-24-11-7-18;2*3-2(4,5)1(6)7/h2-7,10-11,16,26H,8-9,12-15H2,1H3;2*(H,6,7). The average molecular weight is 648 g/mol. The van der Waals surface area contributed by atoms with E-state index in [4.69, 9.17) is 19.8 Å². The molecular weight excluding hydrogens is 620 g/mol. The molecule has 2 aliphatic rings. The molecule has 1 spiro atoms. The summed E-state index contributed by atoms with van der Waals surface area (Å²) in [6.07, 6.45) is -4.92. The van der Waals surface area contributed by atoms with Crippen LogP contribution in [-0.2, 0) is 27.5 Å². The second-order valence-corrected chi connectivity index (χ2v) is 10.8. The number of para-hydroxylation sites is 2. The second kappa shape index (κ2) is 14.0. The zero-order valence-electron chi connectivity index (χ0n) is 23.0. The van der Waals surface area contributed by atoms with Gasteiger partial charge in [0.15, 0.2) is 0 Å². The number of rotatable bonds is 4. The second-order valence-electron chi connectivity index (χ2n) is 9.71. The normalized spacial score (nSPS) is 16.1. The number of aryl methyl sites for hydroxylation is 1. The Morgan fingerprint density at radius 3 is 2.00 bits per heavy atom. The number of aromatic nitrogens is 2. The quantitative estimate of drug-likeness (QED) is 0.330. The molecule has 1 fully saturated rings. The fraction of sp³-hybridized carbons (Fsp3) is 0.370. The van der Waals surface area contributed by atoms with Crippen molar-refractivity contribution in [1.29, 1.82) is 0 Å². The summed E-state index contributed by atoms with van der Waals surface area (Å²) in [6.45, 7) is 5.18. The van der Waals surface area contributed by atoms with Gasteiger partial charge in [-0.15, -0.1) is 11.3 Å². The van der Waals surface area contributed by atoms with Crippen molar-refractivity contribution in [1.82, 2.24) is 14.9 Å². The number of nitrogens with one attached hydrogen (secondary N) is 1. The number of hydrogen-bond acceptors (Lipinski definition) is 8. The summed E-state index contributed by atoms with van der Waals surface area (Å²) in [5, 5.41) is 21.0. The molecule has 238 valence electrons. The van der Waals surface area contributed by atoms with Gasteiger partial charge in [-0.25, -0.2) is 14.6 Å². The maximum Gasteiger partial charge on any atom is 0.490 e. The van der Waals surface area contributed by atoms with Crippen LogP contribution in [0.3, 0.4) is 0 Å². The summed E-state index contributed by atoms with van der Waals surface area (Å²) in [5.41, 5.74) is 3.64. The smallest absolute Gasteiger partial charge is 0.475 e. The molecule has 3 aromatic rings. The first kappa shape index (κ1) is 34.2. The van der Waals surface area contributed by atoms with Crippen molar-refractivity contribution in [2.24, 2.45) is 0 Å². The largest absolute Gasteiger partial charge is 0.490 e. The molecule has 3 N–H and O–H groups in total. The van der Waals surface area contributed by atoms with Crippen molar-refractivity contribution in [2.45, 2.75) is 50.7 Å². The van der Waals surface area contributed by atoms with Crippen LogP contribution in [0.2, 0.25) is 0 Å². The van der Waals surface area contributed by atoms with Crippen molar-refractivity contribution in [3.8, 4) is 0 Å². The number of benzene rings is 1. The molecule has 1 amide bonds. The zero-order valence-corrected chi connectivity index (χ0v) is 23.8. The number of carboxylic acid groups (broad SMARTS) is 2. The molecule has 0 saturated carbocycles. The lowest BCUT2D eigenvalue weighted by Crippen LogP contribution is -2.61. The van der Waals surface area contributed by atoms with Gasteiger partial charge in [-0.3, -0.25) is 14.7 Å². The van der Waals surface area contributed by atoms with Crippen LogP contribution >= 0.6 is 11.3 Å². The highest BCUT2D eigenvalue weighted by atomic mass is 32.1. The third-order valence-electron chi connectivity index (χ3n) is 6.56. The Balaban J connectivity index is 0.000000317. The van der Waals surface area contributed by atoms with Gasteiger partial charge in [-0.1, -0.05) is 12.1 Å². The van der Waals surface area contributed by atoms with Crippen LogP contribution in [0.25, 0.3) is 0 Å². The predicted molar refractivity (Wildman–Crippen MR) is 147 cm³/mol. The summed E-state index contributed by atoms with van der Waals surface area (Å²) in [7, 11) is 0. The van der Waals surface area contributed by atoms with Gasteiger partial charge in [0.05, 0.1) is 28.6 Å². The minimum Gasteiger partial charge on any atom is -0.475 e. The first-order chi connectivity index (χ1) is 20.5. The molecule has 17 heteroatoms. The van der Waals surface area contributed by atoms with Crippen LogP contribution in [0.15, 0.2) is 54.2 Å². The number of thiazole rings is 1. The fourth-order valence-corrected chi connectivity index (χ4v) is 5.08. The molecule has 0 radical (unpaired) electrons. The van der Waals surface area contributed by atoms with Gasteiger partial charge >= 0.3 is 24.3 Å². The van der Waals surface area contributed by atoms with Gasteiger partial charge in [0.25, 0.3) is 5.91 Å². The van der Waals surface area contributed by atoms with Crippen LogP contribution < -0.4 is 10.2 Å². The Hall–Kier alpha value is -4.25. The molecule has 0 atom stereocenters. The number of likely N-dealkylation sites (tertiary alicyclic amines) is 1. The molecule has 0 bridgehead atoms. The summed E-state index contributed by atoms with van der Waals surface area (Å²) in [4.78, 5) is 44.6. The number of alkyl halides is 6. The van der Waals surface area contributed by atoms with Crippen molar-refractivity contribution < 1.29 is 50.9 Å². The Morgan fingerprint density at radius 1 is 0.955 bits per heavy atom. The van der Waals surface area contributed by atoms with Crippen molar-refractivity contribution >= 4 is 40.6 Å². The number of carbonyl (C=O) groups is 3. The number of anilines is 2. The number of amides is 1. The number of piperidine rings is 1. The van der Waals surface area contributed by atoms with E-state index in [-0.39, 0.29) is 5.91 Å². The highest BCUT2D eigenvalue weighted by Gasteiger charge is 2.47. The number of hydrogen-bond donors (Lipinski definition) is 3. The van der Waals surface area contributed by atoms with E-state index in [1.807, 2.05) is 42.4 Å². The van der Waals surface area contributed by atoms with Crippen LogP contribution in [-0.4, -0.2) is 73.9 Å². The van der Waals surface area contributed by atoms with E-state index < -0.39 is 29.8 Å². The van der Waals surface area contributed by atoms with Crippen LogP contribution in [0, 0.1) is 6.92 Å². The van der Waals surface area contributed by atoms with E-state index in [0.29, 0.717) is 6.54 Å². The summed E-state index contributed by atoms with van der Waals surface area (Å²) < 4.78 is 63.5. The lowest BCUT2D eigenvalue weighted by Gasteiger charge is -2.47. The zero-order chi connectivity index (χ0) is 32.7. The molecule has 0 aliphatic carbocycles. The number of halogens is 6. The Labute approximate surface area is 251 Å². The van der Waals surface area contributed by atoms with Crippen LogP contribution in [0.5, 0.6) is 0 Å². The lowest BCUT2D eigenvalue weighted by atomic mass is 9.83. The molecule has 4 heterocycles. The predicted octanol–water partition coefficient (Wildman–Crippen LogP) is 5.11. The van der Waals surface area contributed by atoms with E-state index in [9.17, 15) is 31.1 Å². The monoisotopic (exact) mass is 647 g/mol.